The van der Waals surface area contributed by atoms with Gasteiger partial charge < -0.3 is 10.4 Å². The van der Waals surface area contributed by atoms with Crippen molar-refractivity contribution in [1.29, 1.82) is 0 Å². The molecule has 1 heterocycles. The first kappa shape index (κ1) is 15.2. The molecule has 1 unspecified atom stereocenters. The van der Waals surface area contributed by atoms with E-state index in [-0.39, 0.29) is 18.1 Å². The Morgan fingerprint density at radius 2 is 2.00 bits per heavy atom. The van der Waals surface area contributed by atoms with Gasteiger partial charge in [-0.1, -0.05) is 13.8 Å². The Morgan fingerprint density at radius 1 is 1.39 bits per heavy atom. The summed E-state index contributed by atoms with van der Waals surface area (Å²) in [5.74, 6) is 0. The van der Waals surface area contributed by atoms with Gasteiger partial charge in [-0.15, -0.1) is 0 Å². The number of aryl methyl sites for hydroxylation is 2. The van der Waals surface area contributed by atoms with Crippen molar-refractivity contribution >= 4 is 0 Å². The lowest BCUT2D eigenvalue weighted by Crippen LogP contribution is -2.34. The number of nitrogens with zero attached hydrogens (tertiary/aromatic N) is 2. The minimum atomic E-state index is -0.0865. The van der Waals surface area contributed by atoms with E-state index < -0.39 is 0 Å². The molecule has 4 nitrogen and oxygen atoms in total. The van der Waals surface area contributed by atoms with Crippen LogP contribution in [-0.2, 0) is 6.54 Å². The Hall–Kier alpha value is -0.870. The van der Waals surface area contributed by atoms with Gasteiger partial charge in [0.2, 0.25) is 0 Å². The van der Waals surface area contributed by atoms with E-state index in [1.54, 1.807) is 0 Å². The maximum Gasteiger partial charge on any atom is 0.0644 e. The summed E-state index contributed by atoms with van der Waals surface area (Å²) in [6.07, 6.45) is 0. The largest absolute Gasteiger partial charge is 0.396 e. The minimum absolute atomic E-state index is 0.0865. The van der Waals surface area contributed by atoms with Crippen molar-refractivity contribution < 1.29 is 5.11 Å². The maximum absolute atomic E-state index is 9.27. The van der Waals surface area contributed by atoms with Crippen LogP contribution in [-0.4, -0.2) is 28.0 Å². The van der Waals surface area contributed by atoms with Crippen molar-refractivity contribution in [2.45, 2.75) is 54.1 Å². The van der Waals surface area contributed by atoms with Crippen LogP contribution in [0.5, 0.6) is 0 Å². The quantitative estimate of drug-likeness (QED) is 0.817. The number of hydrogen-bond donors (Lipinski definition) is 2. The highest BCUT2D eigenvalue weighted by molar-refractivity contribution is 5.27. The molecule has 0 aromatic carbocycles. The summed E-state index contributed by atoms with van der Waals surface area (Å²) < 4.78 is 2.04. The van der Waals surface area contributed by atoms with Crippen LogP contribution in [0.15, 0.2) is 0 Å². The first-order valence-electron chi connectivity index (χ1n) is 6.70. The van der Waals surface area contributed by atoms with Gasteiger partial charge in [-0.2, -0.15) is 5.10 Å². The smallest absolute Gasteiger partial charge is 0.0644 e. The summed E-state index contributed by atoms with van der Waals surface area (Å²) in [4.78, 5) is 0. The number of hydrogen-bond acceptors (Lipinski definition) is 3. The Bertz CT molecular complexity index is 396. The van der Waals surface area contributed by atoms with Gasteiger partial charge in [0.15, 0.2) is 0 Å². The zero-order valence-electron chi connectivity index (χ0n) is 12.5. The Labute approximate surface area is 110 Å². The molecule has 1 aromatic heterocycles. The minimum Gasteiger partial charge on any atom is -0.396 e. The molecule has 0 bridgehead atoms. The van der Waals surface area contributed by atoms with E-state index in [0.29, 0.717) is 0 Å². The molecule has 0 aliphatic heterocycles. The summed E-state index contributed by atoms with van der Waals surface area (Å²) in [6.45, 7) is 14.4. The molecule has 0 aliphatic carbocycles. The number of aromatic nitrogens is 2. The monoisotopic (exact) mass is 253 g/mol. The fourth-order valence-corrected chi connectivity index (χ4v) is 2.23. The van der Waals surface area contributed by atoms with Gasteiger partial charge in [0.25, 0.3) is 0 Å². The van der Waals surface area contributed by atoms with E-state index in [9.17, 15) is 5.11 Å². The topological polar surface area (TPSA) is 50.1 Å². The van der Waals surface area contributed by atoms with Crippen LogP contribution < -0.4 is 5.32 Å². The maximum atomic E-state index is 9.27. The molecule has 2 N–H and O–H groups in total. The molecule has 104 valence electrons. The number of aliphatic hydroxyl groups is 1. The second-order valence-electron chi connectivity index (χ2n) is 5.83. The molecule has 4 heteroatoms. The van der Waals surface area contributed by atoms with Gasteiger partial charge in [-0.3, -0.25) is 4.68 Å². The van der Waals surface area contributed by atoms with E-state index in [4.69, 9.17) is 0 Å². The van der Waals surface area contributed by atoms with E-state index in [0.717, 1.165) is 18.8 Å². The molecule has 0 radical (unpaired) electrons. The van der Waals surface area contributed by atoms with Gasteiger partial charge >= 0.3 is 0 Å². The van der Waals surface area contributed by atoms with Crippen molar-refractivity contribution in [3.8, 4) is 0 Å². The van der Waals surface area contributed by atoms with Crippen molar-refractivity contribution in [2.75, 3.05) is 13.2 Å². The fourth-order valence-electron chi connectivity index (χ4n) is 2.23. The van der Waals surface area contributed by atoms with Crippen molar-refractivity contribution in [3.05, 3.63) is 17.0 Å². The van der Waals surface area contributed by atoms with Gasteiger partial charge in [-0.05, 0) is 27.7 Å². The summed E-state index contributed by atoms with van der Waals surface area (Å²) in [5.41, 5.74) is 3.52. The summed E-state index contributed by atoms with van der Waals surface area (Å²) in [6, 6.07) is 0.260. The average Bonchev–Trinajstić information content (AvgIpc) is 2.61. The summed E-state index contributed by atoms with van der Waals surface area (Å²) >= 11 is 0. The predicted molar refractivity (Wildman–Crippen MR) is 74.7 cm³/mol. The zero-order valence-corrected chi connectivity index (χ0v) is 12.5. The van der Waals surface area contributed by atoms with Gasteiger partial charge in [0, 0.05) is 42.4 Å². The fraction of sp³-hybridized carbons (Fsp3) is 0.786. The first-order valence-corrected chi connectivity index (χ1v) is 6.70. The van der Waals surface area contributed by atoms with Crippen LogP contribution in [0.3, 0.4) is 0 Å². The highest BCUT2D eigenvalue weighted by atomic mass is 16.3. The molecule has 18 heavy (non-hydrogen) atoms. The molecule has 0 spiro atoms. The highest BCUT2D eigenvalue weighted by Crippen LogP contribution is 2.22. The first-order chi connectivity index (χ1) is 8.32. The standard InChI is InChI=1S/C14H27N3O/c1-7-17-12(4)13(11(3)16-17)10(2)15-8-14(5,6)9-18/h10,15,18H,7-9H2,1-6H3. The molecule has 1 aromatic rings. The van der Waals surface area contributed by atoms with Gasteiger partial charge in [-0.25, -0.2) is 0 Å². The van der Waals surface area contributed by atoms with E-state index in [2.05, 4.69) is 52.0 Å². The second kappa shape index (κ2) is 5.85. The lowest BCUT2D eigenvalue weighted by Gasteiger charge is -2.25. The number of aliphatic hydroxyl groups excluding tert-OH is 1. The molecule has 1 rings (SSSR count). The second-order valence-corrected chi connectivity index (χ2v) is 5.83. The number of nitrogens with one attached hydrogen (secondary N) is 1. The van der Waals surface area contributed by atoms with Gasteiger partial charge in [0.05, 0.1) is 5.69 Å². The van der Waals surface area contributed by atoms with Crippen molar-refractivity contribution in [1.82, 2.24) is 15.1 Å². The third kappa shape index (κ3) is 3.33. The third-order valence-electron chi connectivity index (χ3n) is 3.48. The van der Waals surface area contributed by atoms with Crippen LogP contribution in [0.4, 0.5) is 0 Å². The van der Waals surface area contributed by atoms with Crippen LogP contribution >= 0.6 is 0 Å². The van der Waals surface area contributed by atoms with Crippen LogP contribution in [0.25, 0.3) is 0 Å². The molecule has 0 amide bonds. The molecule has 0 saturated carbocycles. The van der Waals surface area contributed by atoms with Crippen molar-refractivity contribution in [3.63, 3.8) is 0 Å². The van der Waals surface area contributed by atoms with E-state index >= 15 is 0 Å². The molecular formula is C14H27N3O. The Balaban J connectivity index is 2.79. The number of rotatable bonds is 6. The highest BCUT2D eigenvalue weighted by Gasteiger charge is 2.21. The summed E-state index contributed by atoms with van der Waals surface area (Å²) in [7, 11) is 0. The van der Waals surface area contributed by atoms with Crippen LogP contribution in [0, 0.1) is 19.3 Å². The zero-order chi connectivity index (χ0) is 13.9. The van der Waals surface area contributed by atoms with E-state index in [1.807, 2.05) is 4.68 Å². The summed E-state index contributed by atoms with van der Waals surface area (Å²) in [5, 5.41) is 17.3. The van der Waals surface area contributed by atoms with Crippen molar-refractivity contribution in [2.24, 2.45) is 5.41 Å². The molecule has 0 fully saturated rings. The lowest BCUT2D eigenvalue weighted by atomic mass is 9.94. The Kier molecular flexibility index (Phi) is 4.93. The van der Waals surface area contributed by atoms with Gasteiger partial charge in [0.1, 0.15) is 0 Å². The van der Waals surface area contributed by atoms with E-state index in [1.165, 1.54) is 11.3 Å². The Morgan fingerprint density at radius 3 is 2.44 bits per heavy atom. The molecule has 0 saturated heterocycles. The molecule has 1 atom stereocenters. The third-order valence-corrected chi connectivity index (χ3v) is 3.48. The predicted octanol–water partition coefficient (Wildman–Crippen LogP) is 2.19. The van der Waals surface area contributed by atoms with Crippen LogP contribution in [0.2, 0.25) is 0 Å². The normalized spacial score (nSPS) is 13.9. The SMILES string of the molecule is CCn1nc(C)c(C(C)NCC(C)(C)CO)c1C. The average molecular weight is 253 g/mol. The molecule has 0 aliphatic rings. The molecular weight excluding hydrogens is 226 g/mol. The lowest BCUT2D eigenvalue weighted by molar-refractivity contribution is 0.154. The van der Waals surface area contributed by atoms with Crippen LogP contribution in [0.1, 0.15) is 50.7 Å².